The number of hydrogen-bond donors (Lipinski definition) is 0. The lowest BCUT2D eigenvalue weighted by Crippen LogP contribution is -2.29. The lowest BCUT2D eigenvalue weighted by Gasteiger charge is -2.16. The van der Waals surface area contributed by atoms with E-state index in [4.69, 9.17) is 23.2 Å². The fourth-order valence-corrected chi connectivity index (χ4v) is 2.39. The molecule has 1 unspecified atom stereocenters. The minimum Gasteiger partial charge on any atom is -0.338 e. The molecule has 1 amide bonds. The summed E-state index contributed by atoms with van der Waals surface area (Å²) < 4.78 is 13.6. The SMILES string of the molecule is O=C(c1ccc(Cl)cc1F)N1CCC(CCl)C1. The normalized spacial score (nSPS) is 19.7. The number of benzene rings is 1. The van der Waals surface area contributed by atoms with Crippen LogP contribution in [-0.4, -0.2) is 29.8 Å². The van der Waals surface area contributed by atoms with Crippen molar-refractivity contribution in [2.45, 2.75) is 6.42 Å². The number of halogens is 3. The van der Waals surface area contributed by atoms with Crippen LogP contribution in [0.25, 0.3) is 0 Å². The van der Waals surface area contributed by atoms with Crippen molar-refractivity contribution in [1.82, 2.24) is 4.90 Å². The van der Waals surface area contributed by atoms with Gasteiger partial charge in [0.1, 0.15) is 5.82 Å². The van der Waals surface area contributed by atoms with Crippen LogP contribution in [0.2, 0.25) is 5.02 Å². The van der Waals surface area contributed by atoms with Crippen molar-refractivity contribution in [3.8, 4) is 0 Å². The molecule has 0 aliphatic carbocycles. The van der Waals surface area contributed by atoms with Crippen LogP contribution in [0.1, 0.15) is 16.8 Å². The lowest BCUT2D eigenvalue weighted by atomic mass is 10.1. The summed E-state index contributed by atoms with van der Waals surface area (Å²) in [6.07, 6.45) is 0.879. The van der Waals surface area contributed by atoms with Crippen molar-refractivity contribution in [1.29, 1.82) is 0 Å². The minimum absolute atomic E-state index is 0.0737. The molecule has 1 heterocycles. The Bertz CT molecular complexity index is 439. The maximum Gasteiger partial charge on any atom is 0.256 e. The largest absolute Gasteiger partial charge is 0.338 e. The molecule has 1 aromatic carbocycles. The van der Waals surface area contributed by atoms with Crippen molar-refractivity contribution in [3.63, 3.8) is 0 Å². The van der Waals surface area contributed by atoms with Crippen LogP contribution < -0.4 is 0 Å². The van der Waals surface area contributed by atoms with E-state index < -0.39 is 5.82 Å². The number of nitrogens with zero attached hydrogens (tertiary/aromatic N) is 1. The Morgan fingerprint density at radius 2 is 2.29 bits per heavy atom. The highest BCUT2D eigenvalue weighted by molar-refractivity contribution is 6.30. The second-order valence-corrected chi connectivity index (χ2v) is 4.93. The third-order valence-electron chi connectivity index (χ3n) is 2.95. The zero-order chi connectivity index (χ0) is 12.4. The van der Waals surface area contributed by atoms with Crippen molar-refractivity contribution < 1.29 is 9.18 Å². The molecule has 0 N–H and O–H groups in total. The predicted molar refractivity (Wildman–Crippen MR) is 66.1 cm³/mol. The van der Waals surface area contributed by atoms with Crippen LogP contribution in [0.3, 0.4) is 0 Å². The maximum absolute atomic E-state index is 13.6. The predicted octanol–water partition coefficient (Wildman–Crippen LogP) is 3.18. The van der Waals surface area contributed by atoms with Gasteiger partial charge in [-0.1, -0.05) is 11.6 Å². The van der Waals surface area contributed by atoms with Crippen LogP contribution in [-0.2, 0) is 0 Å². The Balaban J connectivity index is 2.15. The molecule has 0 bridgehead atoms. The van der Waals surface area contributed by atoms with Crippen molar-refractivity contribution in [3.05, 3.63) is 34.6 Å². The van der Waals surface area contributed by atoms with E-state index in [1.54, 1.807) is 4.90 Å². The summed E-state index contributed by atoms with van der Waals surface area (Å²) in [4.78, 5) is 13.7. The Kier molecular flexibility index (Phi) is 3.89. The third-order valence-corrected chi connectivity index (χ3v) is 3.62. The molecule has 2 rings (SSSR count). The molecule has 0 spiro atoms. The maximum atomic E-state index is 13.6. The van der Waals surface area contributed by atoms with Gasteiger partial charge in [-0.15, -0.1) is 11.6 Å². The van der Waals surface area contributed by atoms with Gasteiger partial charge in [0.15, 0.2) is 0 Å². The first-order chi connectivity index (χ1) is 8.11. The molecule has 1 saturated heterocycles. The van der Waals surface area contributed by atoms with E-state index >= 15 is 0 Å². The fourth-order valence-electron chi connectivity index (χ4n) is 1.98. The Morgan fingerprint density at radius 3 is 2.88 bits per heavy atom. The number of likely N-dealkylation sites (tertiary alicyclic amines) is 1. The first-order valence-corrected chi connectivity index (χ1v) is 6.33. The molecule has 5 heteroatoms. The van der Waals surface area contributed by atoms with E-state index in [-0.39, 0.29) is 11.5 Å². The highest BCUT2D eigenvalue weighted by Gasteiger charge is 2.27. The summed E-state index contributed by atoms with van der Waals surface area (Å²) in [5, 5.41) is 0.291. The molecule has 92 valence electrons. The summed E-state index contributed by atoms with van der Waals surface area (Å²) in [5.74, 6) is -0.00745. The number of hydrogen-bond acceptors (Lipinski definition) is 1. The molecule has 1 aliphatic heterocycles. The van der Waals surface area contributed by atoms with Gasteiger partial charge in [0.2, 0.25) is 0 Å². The zero-order valence-corrected chi connectivity index (χ0v) is 10.6. The summed E-state index contributed by atoms with van der Waals surface area (Å²) in [6, 6.07) is 4.10. The number of amides is 1. The second-order valence-electron chi connectivity index (χ2n) is 4.18. The molecule has 1 atom stereocenters. The summed E-state index contributed by atoms with van der Waals surface area (Å²) in [5.41, 5.74) is 0.0737. The summed E-state index contributed by atoms with van der Waals surface area (Å²) in [6.45, 7) is 1.24. The first-order valence-electron chi connectivity index (χ1n) is 5.42. The van der Waals surface area contributed by atoms with Gasteiger partial charge in [-0.3, -0.25) is 4.79 Å². The fraction of sp³-hybridized carbons (Fsp3) is 0.417. The molecular weight excluding hydrogens is 264 g/mol. The molecule has 17 heavy (non-hydrogen) atoms. The Labute approximate surface area is 109 Å². The van der Waals surface area contributed by atoms with Crippen LogP contribution >= 0.6 is 23.2 Å². The number of carbonyl (C=O) groups excluding carboxylic acids is 1. The van der Waals surface area contributed by atoms with Gasteiger partial charge < -0.3 is 4.90 Å². The highest BCUT2D eigenvalue weighted by Crippen LogP contribution is 2.22. The Hall–Kier alpha value is -0.800. The minimum atomic E-state index is -0.572. The molecule has 1 aliphatic rings. The van der Waals surface area contributed by atoms with Gasteiger partial charge >= 0.3 is 0 Å². The monoisotopic (exact) mass is 275 g/mol. The quantitative estimate of drug-likeness (QED) is 0.760. The average Bonchev–Trinajstić information content (AvgIpc) is 2.76. The van der Waals surface area contributed by atoms with Crippen LogP contribution in [0.4, 0.5) is 4.39 Å². The lowest BCUT2D eigenvalue weighted by molar-refractivity contribution is 0.0783. The topological polar surface area (TPSA) is 20.3 Å². The molecule has 1 aromatic rings. The van der Waals surface area contributed by atoms with E-state index in [0.717, 1.165) is 12.5 Å². The van der Waals surface area contributed by atoms with Gasteiger partial charge in [-0.25, -0.2) is 4.39 Å². The van der Waals surface area contributed by atoms with Gasteiger partial charge in [-0.05, 0) is 30.5 Å². The number of rotatable bonds is 2. The van der Waals surface area contributed by atoms with Gasteiger partial charge in [-0.2, -0.15) is 0 Å². The smallest absolute Gasteiger partial charge is 0.256 e. The second kappa shape index (κ2) is 5.23. The Morgan fingerprint density at radius 1 is 1.53 bits per heavy atom. The zero-order valence-electron chi connectivity index (χ0n) is 9.13. The molecule has 2 nitrogen and oxygen atoms in total. The first kappa shape index (κ1) is 12.7. The van der Waals surface area contributed by atoms with Crippen molar-refractivity contribution in [2.24, 2.45) is 5.92 Å². The van der Waals surface area contributed by atoms with E-state index in [2.05, 4.69) is 0 Å². The van der Waals surface area contributed by atoms with E-state index in [1.807, 2.05) is 0 Å². The molecule has 0 radical (unpaired) electrons. The van der Waals surface area contributed by atoms with Crippen LogP contribution in [0.5, 0.6) is 0 Å². The van der Waals surface area contributed by atoms with E-state index in [9.17, 15) is 9.18 Å². The highest BCUT2D eigenvalue weighted by atomic mass is 35.5. The van der Waals surface area contributed by atoms with Crippen LogP contribution in [0.15, 0.2) is 18.2 Å². The number of carbonyl (C=O) groups is 1. The van der Waals surface area contributed by atoms with E-state index in [1.165, 1.54) is 12.1 Å². The van der Waals surface area contributed by atoms with Gasteiger partial charge in [0.05, 0.1) is 5.56 Å². The standard InChI is InChI=1S/C12H12Cl2FNO/c13-6-8-3-4-16(7-8)12(17)10-2-1-9(14)5-11(10)15/h1-2,5,8H,3-4,6-7H2. The summed E-state index contributed by atoms with van der Waals surface area (Å²) in [7, 11) is 0. The van der Waals surface area contributed by atoms with E-state index in [0.29, 0.717) is 29.9 Å². The molecule has 0 saturated carbocycles. The average molecular weight is 276 g/mol. The summed E-state index contributed by atoms with van der Waals surface area (Å²) >= 11 is 11.4. The van der Waals surface area contributed by atoms with Gasteiger partial charge in [0, 0.05) is 24.0 Å². The molecule has 1 fully saturated rings. The number of alkyl halides is 1. The van der Waals surface area contributed by atoms with Crippen molar-refractivity contribution >= 4 is 29.1 Å². The molecular formula is C12H12Cl2FNO. The van der Waals surface area contributed by atoms with Gasteiger partial charge in [0.25, 0.3) is 5.91 Å². The van der Waals surface area contributed by atoms with Crippen molar-refractivity contribution in [2.75, 3.05) is 19.0 Å². The van der Waals surface area contributed by atoms with Crippen LogP contribution in [0, 0.1) is 11.7 Å². The molecule has 0 aromatic heterocycles. The third kappa shape index (κ3) is 2.72.